The summed E-state index contributed by atoms with van der Waals surface area (Å²) in [5.74, 6) is 2.44. The molecular formula is C27H32N10. The van der Waals surface area contributed by atoms with E-state index in [0.717, 1.165) is 81.4 Å². The topological polar surface area (TPSA) is 101 Å². The molecule has 0 saturated carbocycles. The molecule has 0 radical (unpaired) electrons. The molecule has 4 heterocycles. The van der Waals surface area contributed by atoms with Crippen LogP contribution in [0.2, 0.25) is 0 Å². The van der Waals surface area contributed by atoms with Crippen LogP contribution >= 0.6 is 0 Å². The normalized spacial score (nSPS) is 17.2. The monoisotopic (exact) mass is 496 g/mol. The predicted molar refractivity (Wildman–Crippen MR) is 146 cm³/mol. The third-order valence-electron chi connectivity index (χ3n) is 6.68. The van der Waals surface area contributed by atoms with E-state index in [9.17, 15) is 0 Å². The Morgan fingerprint density at radius 3 is 1.68 bits per heavy atom. The van der Waals surface area contributed by atoms with Crippen LogP contribution in [0.1, 0.15) is 5.56 Å². The van der Waals surface area contributed by atoms with Gasteiger partial charge in [0.05, 0.1) is 11.4 Å². The minimum Gasteiger partial charge on any atom is -0.365 e. The molecule has 2 aromatic heterocycles. The van der Waals surface area contributed by atoms with E-state index < -0.39 is 0 Å². The molecule has 2 aliphatic rings. The fraction of sp³-hybridized carbons (Fsp3) is 0.333. The Bertz CT molecular complexity index is 1210. The van der Waals surface area contributed by atoms with Crippen LogP contribution in [-0.2, 0) is 0 Å². The van der Waals surface area contributed by atoms with E-state index in [1.54, 1.807) is 24.8 Å². The molecule has 0 spiro atoms. The summed E-state index contributed by atoms with van der Waals surface area (Å²) in [6.45, 7) is 6.42. The van der Waals surface area contributed by atoms with E-state index in [4.69, 9.17) is 10.4 Å². The summed E-state index contributed by atoms with van der Waals surface area (Å²) < 4.78 is 0. The van der Waals surface area contributed by atoms with Crippen molar-refractivity contribution in [3.05, 3.63) is 84.6 Å². The van der Waals surface area contributed by atoms with Crippen molar-refractivity contribution in [1.82, 2.24) is 29.7 Å². The smallest absolute Gasteiger partial charge is 0.225 e. The molecule has 10 heteroatoms. The van der Waals surface area contributed by atoms with Gasteiger partial charge < -0.3 is 25.0 Å². The Kier molecular flexibility index (Phi) is 7.63. The van der Waals surface area contributed by atoms with Gasteiger partial charge in [0.25, 0.3) is 0 Å². The van der Waals surface area contributed by atoms with Gasteiger partial charge in [-0.25, -0.2) is 19.9 Å². The Morgan fingerprint density at radius 2 is 1.19 bits per heavy atom. The van der Waals surface area contributed by atoms with Crippen molar-refractivity contribution in [2.24, 2.45) is 4.99 Å². The molecule has 2 saturated heterocycles. The number of nitrogens with zero attached hydrogens (tertiary/aromatic N) is 9. The highest BCUT2D eigenvalue weighted by Gasteiger charge is 2.28. The summed E-state index contributed by atoms with van der Waals surface area (Å²) in [6.07, 6.45) is 9.10. The maximum absolute atomic E-state index is 8.85. The van der Waals surface area contributed by atoms with Gasteiger partial charge in [0.1, 0.15) is 5.84 Å². The Labute approximate surface area is 217 Å². The molecule has 37 heavy (non-hydrogen) atoms. The van der Waals surface area contributed by atoms with Gasteiger partial charge >= 0.3 is 0 Å². The van der Waals surface area contributed by atoms with Crippen molar-refractivity contribution >= 4 is 23.4 Å². The van der Waals surface area contributed by atoms with Crippen LogP contribution in [0.15, 0.2) is 84.0 Å². The first kappa shape index (κ1) is 24.4. The summed E-state index contributed by atoms with van der Waals surface area (Å²) in [5.41, 5.74) is 2.34. The van der Waals surface area contributed by atoms with Crippen LogP contribution in [0, 0.1) is 5.41 Å². The van der Waals surface area contributed by atoms with Gasteiger partial charge in [0.2, 0.25) is 11.9 Å². The van der Waals surface area contributed by atoms with Gasteiger partial charge in [-0.15, -0.1) is 0 Å². The quantitative estimate of drug-likeness (QED) is 0.410. The molecule has 0 unspecified atom stereocenters. The van der Waals surface area contributed by atoms with Crippen LogP contribution in [0.4, 0.5) is 11.9 Å². The zero-order chi connectivity index (χ0) is 25.5. The van der Waals surface area contributed by atoms with Crippen LogP contribution in [-0.4, -0.2) is 101 Å². The molecule has 2 aliphatic heterocycles. The number of anilines is 2. The van der Waals surface area contributed by atoms with E-state index >= 15 is 0 Å². The molecule has 10 nitrogen and oxygen atoms in total. The van der Waals surface area contributed by atoms with Gasteiger partial charge in [0.15, 0.2) is 0 Å². The lowest BCUT2D eigenvalue weighted by Crippen LogP contribution is -2.53. The van der Waals surface area contributed by atoms with Crippen LogP contribution in [0.5, 0.6) is 0 Å². The maximum Gasteiger partial charge on any atom is 0.225 e. The summed E-state index contributed by atoms with van der Waals surface area (Å²) in [5, 5.41) is 8.85. The van der Waals surface area contributed by atoms with Crippen molar-refractivity contribution < 1.29 is 0 Å². The Hall–Kier alpha value is -4.34. The fourth-order valence-electron chi connectivity index (χ4n) is 4.73. The molecule has 1 N–H and O–H groups in total. The number of hydrogen-bond acceptors (Lipinski definition) is 9. The summed E-state index contributed by atoms with van der Waals surface area (Å²) >= 11 is 0. The molecule has 2 fully saturated rings. The van der Waals surface area contributed by atoms with Gasteiger partial charge in [-0.05, 0) is 23.8 Å². The fourth-order valence-corrected chi connectivity index (χ4v) is 4.73. The number of nitrogens with one attached hydrogen (secondary N) is 1. The second-order valence-electron chi connectivity index (χ2n) is 8.90. The molecule has 5 rings (SSSR count). The standard InChI is InChI=1S/C27H32N10/c1-29-25(35-15-19-37(20-16-35)27-32-11-6-12-33-27)24(21-23(28)22-7-3-2-4-8-22)34-13-17-36(18-14-34)26-30-9-5-10-31-26/h2-12,21,28H,13-20H2,1H3/b24-21+,28-23?,29-25+. The van der Waals surface area contributed by atoms with Crippen LogP contribution in [0.25, 0.3) is 0 Å². The van der Waals surface area contributed by atoms with E-state index in [1.807, 2.05) is 55.6 Å². The zero-order valence-corrected chi connectivity index (χ0v) is 21.1. The highest BCUT2D eigenvalue weighted by atomic mass is 15.4. The minimum absolute atomic E-state index is 0.474. The van der Waals surface area contributed by atoms with Crippen molar-refractivity contribution in [2.75, 3.05) is 69.2 Å². The first-order valence-electron chi connectivity index (χ1n) is 12.6. The van der Waals surface area contributed by atoms with Crippen molar-refractivity contribution in [3.8, 4) is 0 Å². The number of rotatable bonds is 6. The second-order valence-corrected chi connectivity index (χ2v) is 8.90. The van der Waals surface area contributed by atoms with Crippen LogP contribution in [0.3, 0.4) is 0 Å². The third kappa shape index (κ3) is 5.74. The first-order valence-corrected chi connectivity index (χ1v) is 12.6. The molecule has 0 amide bonds. The molecular weight excluding hydrogens is 464 g/mol. The van der Waals surface area contributed by atoms with Crippen molar-refractivity contribution in [3.63, 3.8) is 0 Å². The van der Waals surface area contributed by atoms with E-state index in [0.29, 0.717) is 5.71 Å². The van der Waals surface area contributed by atoms with E-state index in [1.165, 1.54) is 0 Å². The Morgan fingerprint density at radius 1 is 0.703 bits per heavy atom. The lowest BCUT2D eigenvalue weighted by molar-refractivity contribution is 0.316. The zero-order valence-electron chi connectivity index (χ0n) is 21.1. The predicted octanol–water partition coefficient (Wildman–Crippen LogP) is 2.19. The highest BCUT2D eigenvalue weighted by molar-refractivity contribution is 6.11. The van der Waals surface area contributed by atoms with Gasteiger partial charge in [-0.1, -0.05) is 30.3 Å². The van der Waals surface area contributed by atoms with Gasteiger partial charge in [0, 0.05) is 84.2 Å². The van der Waals surface area contributed by atoms with E-state index in [-0.39, 0.29) is 0 Å². The minimum atomic E-state index is 0.474. The largest absolute Gasteiger partial charge is 0.365 e. The number of piperazine rings is 2. The van der Waals surface area contributed by atoms with Crippen LogP contribution < -0.4 is 9.80 Å². The number of allylic oxidation sites excluding steroid dienone is 1. The third-order valence-corrected chi connectivity index (χ3v) is 6.68. The van der Waals surface area contributed by atoms with E-state index in [2.05, 4.69) is 39.5 Å². The average molecular weight is 497 g/mol. The number of aromatic nitrogens is 4. The summed E-state index contributed by atoms with van der Waals surface area (Å²) in [7, 11) is 1.84. The number of amidine groups is 1. The molecule has 0 aliphatic carbocycles. The molecule has 190 valence electrons. The summed E-state index contributed by atoms with van der Waals surface area (Å²) in [6, 6.07) is 13.5. The SMILES string of the molecule is C/N=C(\C(=C/C(=N)c1ccccc1)N1CCN(c2ncccn2)CC1)N1CCN(c2ncccn2)CC1. The molecule has 0 atom stereocenters. The molecule has 0 bridgehead atoms. The Balaban J connectivity index is 1.35. The number of benzene rings is 1. The second kappa shape index (κ2) is 11.6. The number of aliphatic imine (C=N–C) groups is 1. The molecule has 1 aromatic carbocycles. The van der Waals surface area contributed by atoms with Crippen molar-refractivity contribution in [2.45, 2.75) is 0 Å². The lowest BCUT2D eigenvalue weighted by atomic mass is 10.1. The first-order chi connectivity index (χ1) is 18.2. The lowest BCUT2D eigenvalue weighted by Gasteiger charge is -2.41. The molecule has 3 aromatic rings. The van der Waals surface area contributed by atoms with Crippen molar-refractivity contribution in [1.29, 1.82) is 5.41 Å². The number of hydrogen-bond donors (Lipinski definition) is 1. The maximum atomic E-state index is 8.85. The van der Waals surface area contributed by atoms with Gasteiger partial charge in [-0.2, -0.15) is 0 Å². The summed E-state index contributed by atoms with van der Waals surface area (Å²) in [4.78, 5) is 31.5. The highest BCUT2D eigenvalue weighted by Crippen LogP contribution is 2.20. The average Bonchev–Trinajstić information content (AvgIpc) is 2.99. The van der Waals surface area contributed by atoms with Gasteiger partial charge in [-0.3, -0.25) is 4.99 Å².